The minimum absolute atomic E-state index is 0.0588. The fraction of sp³-hybridized carbons (Fsp3) is 0.632. The zero-order valence-electron chi connectivity index (χ0n) is 15.7. The lowest BCUT2D eigenvalue weighted by molar-refractivity contribution is -0.116. The number of amides is 1. The summed E-state index contributed by atoms with van der Waals surface area (Å²) in [6.45, 7) is 6.40. The molecule has 0 saturated carbocycles. The van der Waals surface area contributed by atoms with Gasteiger partial charge in [-0.3, -0.25) is 10.1 Å². The van der Waals surface area contributed by atoms with Crippen LogP contribution in [0.15, 0.2) is 12.1 Å². The number of hydrogen-bond donors (Lipinski definition) is 2. The van der Waals surface area contributed by atoms with Gasteiger partial charge >= 0.3 is 0 Å². The van der Waals surface area contributed by atoms with Gasteiger partial charge in [0, 0.05) is 12.9 Å². The molecule has 1 heterocycles. The molecule has 4 nitrogen and oxygen atoms in total. The molecule has 2 N–H and O–H groups in total. The van der Waals surface area contributed by atoms with Crippen molar-refractivity contribution in [1.29, 1.82) is 0 Å². The van der Waals surface area contributed by atoms with E-state index in [0.717, 1.165) is 22.6 Å². The summed E-state index contributed by atoms with van der Waals surface area (Å²) in [5, 5.41) is 6.53. The number of aryl methyl sites for hydroxylation is 2. The highest BCUT2D eigenvalue weighted by Crippen LogP contribution is 2.61. The molecule has 2 rings (SSSR count). The number of hydrogen-bond acceptors (Lipinski definition) is 3. The van der Waals surface area contributed by atoms with E-state index in [4.69, 9.17) is 4.74 Å². The van der Waals surface area contributed by atoms with Crippen molar-refractivity contribution in [2.75, 3.05) is 38.5 Å². The van der Waals surface area contributed by atoms with Crippen LogP contribution in [-0.4, -0.2) is 44.8 Å². The molecule has 1 unspecified atom stereocenters. The van der Waals surface area contributed by atoms with E-state index in [-0.39, 0.29) is 11.7 Å². The smallest absolute Gasteiger partial charge is 0.280 e. The lowest BCUT2D eigenvalue weighted by Crippen LogP contribution is -2.41. The third-order valence-electron chi connectivity index (χ3n) is 5.22. The van der Waals surface area contributed by atoms with Crippen LogP contribution in [0.25, 0.3) is 0 Å². The summed E-state index contributed by atoms with van der Waals surface area (Å²) in [6.07, 6.45) is 7.57. The molecule has 24 heavy (non-hydrogen) atoms. The van der Waals surface area contributed by atoms with Crippen molar-refractivity contribution < 1.29 is 9.53 Å². The van der Waals surface area contributed by atoms with Crippen molar-refractivity contribution in [3.8, 4) is 5.75 Å². The number of likely N-dealkylation sites (N-methyl/N-ethyl adjacent to an activating group) is 1. The van der Waals surface area contributed by atoms with Gasteiger partial charge in [0.1, 0.15) is 5.75 Å². The van der Waals surface area contributed by atoms with Crippen molar-refractivity contribution in [3.05, 3.63) is 23.3 Å². The van der Waals surface area contributed by atoms with E-state index in [2.05, 4.69) is 17.3 Å². The molecule has 1 aromatic carbocycles. The van der Waals surface area contributed by atoms with E-state index in [1.54, 1.807) is 7.11 Å². The van der Waals surface area contributed by atoms with Crippen molar-refractivity contribution in [2.24, 2.45) is 0 Å². The summed E-state index contributed by atoms with van der Waals surface area (Å²) >= 11 is 0. The van der Waals surface area contributed by atoms with Crippen LogP contribution < -0.4 is 15.4 Å². The maximum Gasteiger partial charge on any atom is 0.280 e. The first-order chi connectivity index (χ1) is 11.4. The second-order valence-electron chi connectivity index (χ2n) is 7.16. The topological polar surface area (TPSA) is 50.4 Å². The summed E-state index contributed by atoms with van der Waals surface area (Å²) in [5.74, 6) is 0.888. The molecule has 1 aliphatic heterocycles. The highest BCUT2D eigenvalue weighted by atomic mass is 31.2. The van der Waals surface area contributed by atoms with Gasteiger partial charge in [-0.2, -0.15) is 0 Å². The normalized spacial score (nSPS) is 18.5. The Morgan fingerprint density at radius 1 is 1.12 bits per heavy atom. The maximum absolute atomic E-state index is 13.0. The Bertz CT molecular complexity index is 558. The van der Waals surface area contributed by atoms with E-state index >= 15 is 0 Å². The molecule has 1 fully saturated rings. The number of methoxy groups -OCH3 is 1. The first-order valence-corrected chi connectivity index (χ1v) is 11.6. The minimum atomic E-state index is -1.30. The largest absolute Gasteiger partial charge is 0.497 e. The Hall–Kier alpha value is -1.12. The van der Waals surface area contributed by atoms with Gasteiger partial charge in [0.15, 0.2) is 5.78 Å². The highest BCUT2D eigenvalue weighted by molar-refractivity contribution is 7.76. The monoisotopic (exact) mass is 351 g/mol. The number of rotatable bonds is 5. The van der Waals surface area contributed by atoms with Crippen LogP contribution in [-0.2, 0) is 4.79 Å². The standard InChI is InChI=1S/C19H31N2O2P/c1-14-12-16(23-4)13-15(2)17(14)21-18(22)19(20-3)24(5)10-8-6-7-9-11-24/h12-13,19-20H,6-11H2,1-5H3/p+1. The summed E-state index contributed by atoms with van der Waals surface area (Å²) in [5.41, 5.74) is 3.00. The molecule has 0 radical (unpaired) electrons. The lowest BCUT2D eigenvalue weighted by atomic mass is 10.1. The molecule has 134 valence electrons. The number of anilines is 1. The predicted octanol–water partition coefficient (Wildman–Crippen LogP) is 4.02. The second-order valence-corrected chi connectivity index (χ2v) is 11.5. The fourth-order valence-corrected chi connectivity index (χ4v) is 7.71. The number of ether oxygens (including phenoxy) is 1. The average Bonchev–Trinajstić information content (AvgIpc) is 2.76. The SMILES string of the molecule is CNC(C(=O)Nc1c(C)cc(OC)cc1C)[P+]1(C)CCCCCC1. The first-order valence-electron chi connectivity index (χ1n) is 8.89. The van der Waals surface area contributed by atoms with Crippen molar-refractivity contribution in [3.63, 3.8) is 0 Å². The third kappa shape index (κ3) is 4.29. The van der Waals surface area contributed by atoms with Gasteiger partial charge in [-0.1, -0.05) is 0 Å². The number of carbonyl (C=O) groups is 1. The zero-order chi connectivity index (χ0) is 17.7. The van der Waals surface area contributed by atoms with Crippen LogP contribution in [0.5, 0.6) is 5.75 Å². The van der Waals surface area contributed by atoms with Gasteiger partial charge in [-0.05, 0) is 69.8 Å². The molecule has 0 bridgehead atoms. The van der Waals surface area contributed by atoms with E-state index in [1.807, 2.05) is 33.0 Å². The fourth-order valence-electron chi connectivity index (χ4n) is 3.83. The van der Waals surface area contributed by atoms with Crippen LogP contribution >= 0.6 is 7.26 Å². The summed E-state index contributed by atoms with van der Waals surface area (Å²) in [7, 11) is 2.29. The summed E-state index contributed by atoms with van der Waals surface area (Å²) in [4.78, 5) is 13.0. The lowest BCUT2D eigenvalue weighted by Gasteiger charge is -2.29. The molecule has 0 aliphatic carbocycles. The van der Waals surface area contributed by atoms with Crippen LogP contribution in [0.2, 0.25) is 0 Å². The Labute approximate surface area is 147 Å². The highest BCUT2D eigenvalue weighted by Gasteiger charge is 2.45. The average molecular weight is 351 g/mol. The Morgan fingerprint density at radius 2 is 1.67 bits per heavy atom. The van der Waals surface area contributed by atoms with Gasteiger partial charge in [0.05, 0.1) is 26.1 Å². The number of benzene rings is 1. The third-order valence-corrected chi connectivity index (χ3v) is 9.64. The summed E-state index contributed by atoms with van der Waals surface area (Å²) in [6, 6.07) is 3.94. The number of carbonyl (C=O) groups excluding carboxylic acids is 1. The Morgan fingerprint density at radius 3 is 2.12 bits per heavy atom. The Kier molecular flexibility index (Phi) is 6.65. The molecular weight excluding hydrogens is 319 g/mol. The van der Waals surface area contributed by atoms with Gasteiger partial charge < -0.3 is 10.1 Å². The molecule has 5 heteroatoms. The van der Waals surface area contributed by atoms with Gasteiger partial charge in [0.2, 0.25) is 0 Å². The number of nitrogens with one attached hydrogen (secondary N) is 2. The predicted molar refractivity (Wildman–Crippen MR) is 105 cm³/mol. The molecule has 1 aliphatic rings. The van der Waals surface area contributed by atoms with Crippen molar-refractivity contribution >= 4 is 18.9 Å². The summed E-state index contributed by atoms with van der Waals surface area (Å²) < 4.78 is 5.31. The zero-order valence-corrected chi connectivity index (χ0v) is 16.6. The van der Waals surface area contributed by atoms with Crippen LogP contribution in [0.3, 0.4) is 0 Å². The molecule has 0 aromatic heterocycles. The van der Waals surface area contributed by atoms with E-state index in [0.29, 0.717) is 0 Å². The van der Waals surface area contributed by atoms with Gasteiger partial charge in [0.25, 0.3) is 5.91 Å². The quantitative estimate of drug-likeness (QED) is 0.788. The van der Waals surface area contributed by atoms with Gasteiger partial charge in [-0.25, -0.2) is 0 Å². The van der Waals surface area contributed by atoms with Crippen molar-refractivity contribution in [2.45, 2.75) is 45.3 Å². The molecule has 1 atom stereocenters. The van der Waals surface area contributed by atoms with Crippen LogP contribution in [0.4, 0.5) is 5.69 Å². The molecule has 1 saturated heterocycles. The van der Waals surface area contributed by atoms with Gasteiger partial charge in [-0.15, -0.1) is 0 Å². The molecule has 1 amide bonds. The molecule has 0 spiro atoms. The van der Waals surface area contributed by atoms with Crippen molar-refractivity contribution in [1.82, 2.24) is 5.32 Å². The molecule has 1 aromatic rings. The second kappa shape index (κ2) is 8.31. The maximum atomic E-state index is 13.0. The van der Waals surface area contributed by atoms with Crippen LogP contribution in [0, 0.1) is 13.8 Å². The van der Waals surface area contributed by atoms with Crippen LogP contribution in [0.1, 0.15) is 36.8 Å². The van der Waals surface area contributed by atoms with E-state index < -0.39 is 7.26 Å². The Balaban J connectivity index is 2.20. The van der Waals surface area contributed by atoms with E-state index in [9.17, 15) is 4.79 Å². The molecular formula is C19H32N2O2P+. The first kappa shape index (κ1) is 19.2. The minimum Gasteiger partial charge on any atom is -0.497 e. The van der Waals surface area contributed by atoms with E-state index in [1.165, 1.54) is 38.0 Å².